The Bertz CT molecular complexity index is 267. The van der Waals surface area contributed by atoms with Crippen molar-refractivity contribution in [3.05, 3.63) is 15.6 Å². The summed E-state index contributed by atoms with van der Waals surface area (Å²) in [6, 6.07) is 0.377. The fourth-order valence-electron chi connectivity index (χ4n) is 1.53. The molecule has 1 aromatic heterocycles. The number of hydrogen-bond acceptors (Lipinski definition) is 3. The normalized spacial score (nSPS) is 23.3. The Balaban J connectivity index is 2.34. The van der Waals surface area contributed by atoms with Crippen molar-refractivity contribution in [2.75, 3.05) is 0 Å². The first kappa shape index (κ1) is 7.25. The van der Waals surface area contributed by atoms with Gasteiger partial charge < -0.3 is 5.73 Å². The maximum absolute atomic E-state index is 5.84. The van der Waals surface area contributed by atoms with E-state index in [-0.39, 0.29) is 0 Å². The second kappa shape index (κ2) is 2.57. The lowest BCUT2D eigenvalue weighted by Crippen LogP contribution is -2.26. The van der Waals surface area contributed by atoms with Gasteiger partial charge in [0.25, 0.3) is 0 Å². The van der Waals surface area contributed by atoms with Gasteiger partial charge in [-0.05, 0) is 26.2 Å². The second-order valence-corrected chi connectivity index (χ2v) is 4.39. The monoisotopic (exact) mass is 168 g/mol. The summed E-state index contributed by atoms with van der Waals surface area (Å²) in [5, 5.41) is 1.18. The second-order valence-electron chi connectivity index (χ2n) is 3.11. The summed E-state index contributed by atoms with van der Waals surface area (Å²) in [7, 11) is 0. The molecule has 1 heterocycles. The van der Waals surface area contributed by atoms with E-state index in [9.17, 15) is 0 Å². The third-order valence-electron chi connectivity index (χ3n) is 2.08. The first-order valence-electron chi connectivity index (χ1n) is 3.96. The molecule has 11 heavy (non-hydrogen) atoms. The Hall–Kier alpha value is -0.410. The molecule has 0 fully saturated rings. The van der Waals surface area contributed by atoms with Gasteiger partial charge >= 0.3 is 0 Å². The van der Waals surface area contributed by atoms with Crippen LogP contribution >= 0.6 is 11.3 Å². The molecule has 1 unspecified atom stereocenters. The van der Waals surface area contributed by atoms with Crippen LogP contribution in [0.25, 0.3) is 0 Å². The fourth-order valence-corrected chi connectivity index (χ4v) is 2.60. The van der Waals surface area contributed by atoms with Crippen molar-refractivity contribution in [1.82, 2.24) is 4.98 Å². The Kier molecular flexibility index (Phi) is 1.69. The number of hydrogen-bond donors (Lipinski definition) is 1. The van der Waals surface area contributed by atoms with Crippen LogP contribution < -0.4 is 5.73 Å². The molecule has 1 atom stereocenters. The van der Waals surface area contributed by atoms with Gasteiger partial charge in [0.2, 0.25) is 0 Å². The summed E-state index contributed by atoms with van der Waals surface area (Å²) in [5.41, 5.74) is 7.14. The third-order valence-corrected chi connectivity index (χ3v) is 3.12. The highest BCUT2D eigenvalue weighted by Crippen LogP contribution is 2.25. The van der Waals surface area contributed by atoms with Crippen LogP contribution in [-0.4, -0.2) is 11.0 Å². The molecule has 0 radical (unpaired) electrons. The molecule has 0 saturated carbocycles. The van der Waals surface area contributed by atoms with Crippen molar-refractivity contribution in [3.8, 4) is 0 Å². The summed E-state index contributed by atoms with van der Waals surface area (Å²) in [6.45, 7) is 2.06. The molecular weight excluding hydrogens is 156 g/mol. The average molecular weight is 168 g/mol. The average Bonchev–Trinajstić information content (AvgIpc) is 2.27. The highest BCUT2D eigenvalue weighted by molar-refractivity contribution is 7.11. The minimum absolute atomic E-state index is 0.377. The predicted octanol–water partition coefficient (Wildman–Crippen LogP) is 1.27. The molecule has 0 bridgehead atoms. The van der Waals surface area contributed by atoms with Crippen molar-refractivity contribution in [3.63, 3.8) is 0 Å². The lowest BCUT2D eigenvalue weighted by molar-refractivity contribution is 0.576. The Morgan fingerprint density at radius 3 is 3.27 bits per heavy atom. The third kappa shape index (κ3) is 1.30. The number of nitrogens with two attached hydrogens (primary N) is 1. The van der Waals surface area contributed by atoms with Crippen LogP contribution in [0.5, 0.6) is 0 Å². The van der Waals surface area contributed by atoms with Gasteiger partial charge in [0.1, 0.15) is 0 Å². The van der Waals surface area contributed by atoms with Crippen molar-refractivity contribution >= 4 is 11.3 Å². The molecule has 3 heteroatoms. The minimum atomic E-state index is 0.377. The van der Waals surface area contributed by atoms with Crippen molar-refractivity contribution in [2.45, 2.75) is 32.2 Å². The molecule has 0 aromatic carbocycles. The molecule has 2 nitrogen and oxygen atoms in total. The molecule has 2 rings (SSSR count). The lowest BCUT2D eigenvalue weighted by Gasteiger charge is -2.15. The Morgan fingerprint density at radius 2 is 2.45 bits per heavy atom. The number of fused-ring (bicyclic) bond motifs is 1. The molecular formula is C8H12N2S. The van der Waals surface area contributed by atoms with E-state index in [2.05, 4.69) is 11.9 Å². The number of aryl methyl sites for hydroxylation is 2. The van der Waals surface area contributed by atoms with E-state index < -0.39 is 0 Å². The molecule has 1 aliphatic rings. The summed E-state index contributed by atoms with van der Waals surface area (Å²) in [5.74, 6) is 0. The first-order valence-corrected chi connectivity index (χ1v) is 4.78. The van der Waals surface area contributed by atoms with Crippen LogP contribution in [-0.2, 0) is 12.8 Å². The van der Waals surface area contributed by atoms with Gasteiger partial charge in [-0.2, -0.15) is 0 Å². The van der Waals surface area contributed by atoms with E-state index in [0.29, 0.717) is 6.04 Å². The van der Waals surface area contributed by atoms with Gasteiger partial charge in [-0.25, -0.2) is 4.98 Å². The lowest BCUT2D eigenvalue weighted by atomic mass is 9.99. The van der Waals surface area contributed by atoms with Gasteiger partial charge in [-0.3, -0.25) is 0 Å². The Morgan fingerprint density at radius 1 is 1.64 bits per heavy atom. The number of thiazole rings is 1. The van der Waals surface area contributed by atoms with E-state index in [1.54, 1.807) is 11.3 Å². The summed E-state index contributed by atoms with van der Waals surface area (Å²) < 4.78 is 0. The van der Waals surface area contributed by atoms with E-state index in [4.69, 9.17) is 5.73 Å². The molecule has 1 aromatic rings. The van der Waals surface area contributed by atoms with Crippen LogP contribution in [0, 0.1) is 6.92 Å². The molecule has 60 valence electrons. The van der Waals surface area contributed by atoms with Crippen LogP contribution in [0.4, 0.5) is 0 Å². The van der Waals surface area contributed by atoms with Crippen LogP contribution in [0.15, 0.2) is 0 Å². The van der Waals surface area contributed by atoms with Crippen molar-refractivity contribution < 1.29 is 0 Å². The predicted molar refractivity (Wildman–Crippen MR) is 46.9 cm³/mol. The van der Waals surface area contributed by atoms with Crippen LogP contribution in [0.2, 0.25) is 0 Å². The number of nitrogens with zero attached hydrogens (tertiary/aromatic N) is 1. The molecule has 0 saturated heterocycles. The smallest absolute Gasteiger partial charge is 0.0900 e. The van der Waals surface area contributed by atoms with E-state index in [1.807, 2.05) is 0 Å². The summed E-state index contributed by atoms with van der Waals surface area (Å²) in [6.07, 6.45) is 3.23. The number of aromatic nitrogens is 1. The van der Waals surface area contributed by atoms with Gasteiger partial charge in [-0.15, -0.1) is 11.3 Å². The quantitative estimate of drug-likeness (QED) is 0.633. The summed E-state index contributed by atoms with van der Waals surface area (Å²) >= 11 is 1.80. The minimum Gasteiger partial charge on any atom is -0.327 e. The SMILES string of the molecule is Cc1nc2c(s1)CC(N)CC2. The largest absolute Gasteiger partial charge is 0.327 e. The zero-order chi connectivity index (χ0) is 7.84. The fraction of sp³-hybridized carbons (Fsp3) is 0.625. The molecule has 2 N–H and O–H groups in total. The Labute approximate surface area is 70.5 Å². The molecule has 1 aliphatic carbocycles. The topological polar surface area (TPSA) is 38.9 Å². The maximum Gasteiger partial charge on any atom is 0.0900 e. The van der Waals surface area contributed by atoms with E-state index in [1.165, 1.54) is 15.6 Å². The zero-order valence-electron chi connectivity index (χ0n) is 6.63. The van der Waals surface area contributed by atoms with Crippen LogP contribution in [0.1, 0.15) is 22.0 Å². The van der Waals surface area contributed by atoms with Gasteiger partial charge in [0.05, 0.1) is 10.7 Å². The zero-order valence-corrected chi connectivity index (χ0v) is 7.45. The highest BCUT2D eigenvalue weighted by Gasteiger charge is 2.18. The molecule has 0 aliphatic heterocycles. The van der Waals surface area contributed by atoms with E-state index in [0.717, 1.165) is 19.3 Å². The number of rotatable bonds is 0. The van der Waals surface area contributed by atoms with E-state index >= 15 is 0 Å². The molecule has 0 amide bonds. The summed E-state index contributed by atoms with van der Waals surface area (Å²) in [4.78, 5) is 5.87. The molecule has 0 spiro atoms. The van der Waals surface area contributed by atoms with Gasteiger partial charge in [0.15, 0.2) is 0 Å². The van der Waals surface area contributed by atoms with Crippen LogP contribution in [0.3, 0.4) is 0 Å². The highest BCUT2D eigenvalue weighted by atomic mass is 32.1. The first-order chi connectivity index (χ1) is 5.25. The van der Waals surface area contributed by atoms with Crippen molar-refractivity contribution in [1.29, 1.82) is 0 Å². The van der Waals surface area contributed by atoms with Gasteiger partial charge in [0, 0.05) is 10.9 Å². The maximum atomic E-state index is 5.84. The standard InChI is InChI=1S/C8H12N2S/c1-5-10-7-3-2-6(9)4-8(7)11-5/h6H,2-4,9H2,1H3. The van der Waals surface area contributed by atoms with Crippen molar-refractivity contribution in [2.24, 2.45) is 5.73 Å². The van der Waals surface area contributed by atoms with Gasteiger partial charge in [-0.1, -0.05) is 0 Å².